The molecule has 0 aromatic carbocycles. The minimum atomic E-state index is -3.56. The molecule has 12 saturated heterocycles. The number of ether oxygens (including phenoxy) is 17. The highest BCUT2D eigenvalue weighted by Gasteiger charge is 2.70. The zero-order valence-corrected chi connectivity index (χ0v) is 87.2. The van der Waals surface area contributed by atoms with Gasteiger partial charge in [0.1, 0.15) is 83.6 Å². The summed E-state index contributed by atoms with van der Waals surface area (Å²) in [5, 5.41) is 8.16. The van der Waals surface area contributed by atoms with Crippen molar-refractivity contribution < 1.29 is 188 Å². The highest BCUT2D eigenvalue weighted by Crippen LogP contribution is 2.63. The maximum atomic E-state index is 12.0. The normalized spacial score (nSPS) is 38.1. The molecule has 0 spiro atoms. The van der Waals surface area contributed by atoms with Gasteiger partial charge in [-0.1, -0.05) is 52.6 Å². The van der Waals surface area contributed by atoms with Gasteiger partial charge in [-0.25, -0.2) is 52.7 Å². The molecule has 16 bridgehead atoms. The second kappa shape index (κ2) is 45.8. The molecule has 32 unspecified atom stereocenters. The van der Waals surface area contributed by atoms with Crippen molar-refractivity contribution in [2.24, 2.45) is 107 Å². The molecule has 1 N–H and O–H groups in total. The predicted octanol–water partition coefficient (Wildman–Crippen LogP) is 9.29. The molecule has 12 saturated carbocycles. The van der Waals surface area contributed by atoms with Crippen LogP contribution < -0.4 is 0 Å². The number of rotatable bonds is 20. The first-order valence-corrected chi connectivity index (χ1v) is 54.0. The predicted molar refractivity (Wildman–Crippen MR) is 511 cm³/mol. The van der Waals surface area contributed by atoms with Crippen molar-refractivity contribution in [2.45, 2.75) is 324 Å². The molecule has 40 nitrogen and oxygen atoms in total. The van der Waals surface area contributed by atoms with E-state index in [1.54, 1.807) is 34.6 Å². The number of hydrogen-bond donors (Lipinski definition) is 1. The molecular weight excluding hydrogens is 1980 g/mol. The minimum absolute atomic E-state index is 0.00403. The number of fused-ring (bicyclic) bond motifs is 16. The zero-order chi connectivity index (χ0) is 108. The molecule has 24 aliphatic rings. The first-order valence-electron chi connectivity index (χ1n) is 51.0. The van der Waals surface area contributed by atoms with Crippen LogP contribution in [0.1, 0.15) is 217 Å². The quantitative estimate of drug-likeness (QED) is 0.0513. The van der Waals surface area contributed by atoms with E-state index in [0.29, 0.717) is 102 Å². The number of esters is 16. The van der Waals surface area contributed by atoms with Gasteiger partial charge in [0.2, 0.25) is 6.10 Å². The third kappa shape index (κ3) is 24.8. The Kier molecular flexibility index (Phi) is 34.9. The van der Waals surface area contributed by atoms with Crippen molar-refractivity contribution in [1.82, 2.24) is 0 Å². The molecule has 12 heterocycles. The van der Waals surface area contributed by atoms with Gasteiger partial charge in [-0.05, 0) is 227 Å². The fourth-order valence-corrected chi connectivity index (χ4v) is 30.1. The topological polar surface area (TPSA) is 537 Å². The van der Waals surface area contributed by atoms with Crippen molar-refractivity contribution in [3.05, 3.63) is 97.2 Å². The highest BCUT2D eigenvalue weighted by molar-refractivity contribution is 7.88. The Balaban J connectivity index is 0.000000133. The van der Waals surface area contributed by atoms with Gasteiger partial charge in [-0.2, -0.15) is 16.8 Å². The third-order valence-electron chi connectivity index (χ3n) is 32.8. The Bertz CT molecular complexity index is 5480. The van der Waals surface area contributed by atoms with Gasteiger partial charge in [-0.15, -0.1) is 0 Å². The van der Waals surface area contributed by atoms with E-state index in [1.807, 2.05) is 13.8 Å². The van der Waals surface area contributed by atoms with E-state index in [2.05, 4.69) is 57.4 Å². The van der Waals surface area contributed by atoms with Crippen LogP contribution in [0.25, 0.3) is 0 Å². The van der Waals surface area contributed by atoms with E-state index in [9.17, 15) is 93.5 Å². The SMILES string of the molecule is C=C(C)C(=O)OC.C=C(C)C(=O)OC1C(=O)OC2CCCC21.C=C(C)C(=O)OC1C2CC3C(O2)C1OS3(=O)=O.C=C(C)C(=O)OC1C2CC3C1OS(=O)(=O)C3C2.C=C(C)C(=O)OC1CC2CC1C1C2C(=O)OC1(C)C.C=C(C)C(=O)OC1CCCC2OC(=O)CC21.C=C(C)C(=O)OCC(=O)OC12CC3CC(C1)OC(=O)C(C3)C2.C=C(C)C(=O)OCC(=O)OC1C2CC3CC1CC(C2)C(=O)O3.O=C1OCC2C3CC(CO)C(C3)C12. The molecule has 12 aliphatic heterocycles. The van der Waals surface area contributed by atoms with E-state index in [-0.39, 0.29) is 196 Å². The fraction of sp³-hybridized carbons (Fsp3) is 0.698. The molecule has 0 amide bonds. The standard InChI is InChI=1S/2C16H20O6.C15H20O4.C12H16O4.C11H14O5S.C11H14O4.C10H12O6S.C10H14O3.C5H8O2/c1-9(2)14(18)20-8-13(17)22-16-5-10-3-11(6-16)15(19)21-12(4-10)7-16;1-8(2)15(18)20-7-13(17)22-14-9-3-11-4-10(14)6-12(5-9)21-16(11)19;1-7(2)13(16)18-10-6-8-5-9(10)12-11(8)14(17)19-15(12,3)4;1-7(2)12(14)16-10-5-3-4-9-8(10)6-11(13)15-9;1-5(2)11(12)15-9-6-3-7-8(4-6)17(13,14)16-10(7)9;1-6(2)10(12)15-9-7-4-3-5-8(7)14-11(9)13;1-4(2)10(11)15-7-5-3-6-8(14-5)9(7)16-17(6,12)13;11-3-6-1-5-2-7(6)9-8(5)4-13-10(9)12;1-4(2)5(6)7-3/h10-12H,1,3-8H2,2H3;9-12,14H,1,3-7H2,2H3;8-12H,1,5-6H2,2-4H3;8-10H,1,3-6H2,2H3;6-10H,1,3-4H2,2H3;7-9H,1,3-5H2,2H3;5-9H,1,3H2,2H3;5-9,11H,1-4H2;1H2,2-3H3. The number of cyclic esters (lactones) is 2. The van der Waals surface area contributed by atoms with E-state index < -0.39 is 134 Å². The van der Waals surface area contributed by atoms with Crippen LogP contribution in [0.3, 0.4) is 0 Å². The second-order valence-corrected chi connectivity index (χ2v) is 47.9. The smallest absolute Gasteiger partial charge is 0.348 e. The Morgan fingerprint density at radius 2 is 0.939 bits per heavy atom. The average molecular weight is 2120 g/mol. The molecule has 24 rings (SSSR count). The molecule has 0 aromatic rings. The van der Waals surface area contributed by atoms with Crippen molar-refractivity contribution in [3.8, 4) is 0 Å². The summed E-state index contributed by atoms with van der Waals surface area (Å²) in [5.74, 6) is -2.31. The highest BCUT2D eigenvalue weighted by atomic mass is 32.2. The average Bonchev–Trinajstić information content (AvgIpc) is 1.56. The fourth-order valence-electron chi connectivity index (χ4n) is 26.6. The number of methoxy groups -OCH3 is 1. The first-order chi connectivity index (χ1) is 69.6. The minimum Gasteiger partial charge on any atom is -0.466 e. The maximum absolute atomic E-state index is 12.0. The molecule has 42 heteroatoms. The van der Waals surface area contributed by atoms with Crippen LogP contribution in [0.15, 0.2) is 97.2 Å². The van der Waals surface area contributed by atoms with Gasteiger partial charge >= 0.3 is 95.5 Å². The Morgan fingerprint density at radius 3 is 1.54 bits per heavy atom. The Labute approximate surface area is 860 Å². The lowest BCUT2D eigenvalue weighted by Gasteiger charge is -2.45. The molecule has 12 aliphatic carbocycles. The molecule has 24 fully saturated rings. The molecule has 32 atom stereocenters. The van der Waals surface area contributed by atoms with Crippen LogP contribution in [0.2, 0.25) is 0 Å². The zero-order valence-electron chi connectivity index (χ0n) is 85.6. The van der Waals surface area contributed by atoms with Gasteiger partial charge in [0.05, 0.1) is 55.2 Å². The second-order valence-electron chi connectivity index (χ2n) is 44.4. The third-order valence-corrected chi connectivity index (χ3v) is 36.3. The lowest BCUT2D eigenvalue weighted by atomic mass is 9.65. The summed E-state index contributed by atoms with van der Waals surface area (Å²) in [6.45, 7) is 44.5. The van der Waals surface area contributed by atoms with E-state index in [0.717, 1.165) is 116 Å². The van der Waals surface area contributed by atoms with Crippen LogP contribution in [-0.2, 0) is 186 Å². The molecule has 0 aromatic heterocycles. The van der Waals surface area contributed by atoms with Crippen LogP contribution >= 0.6 is 0 Å². The van der Waals surface area contributed by atoms with Crippen LogP contribution in [0.4, 0.5) is 0 Å². The number of aliphatic hydroxyl groups is 1. The van der Waals surface area contributed by atoms with Crippen molar-refractivity contribution in [2.75, 3.05) is 33.5 Å². The number of carbonyl (C=O) groups excluding carboxylic acids is 16. The Hall–Kier alpha value is -10.8. The lowest BCUT2D eigenvalue weighted by Crippen LogP contribution is -2.48. The van der Waals surface area contributed by atoms with Gasteiger partial charge in [0.25, 0.3) is 20.2 Å². The summed E-state index contributed by atoms with van der Waals surface area (Å²) in [6, 6.07) is 0. The van der Waals surface area contributed by atoms with Crippen LogP contribution in [0.5, 0.6) is 0 Å². The van der Waals surface area contributed by atoms with E-state index in [4.69, 9.17) is 89.3 Å². The maximum Gasteiger partial charge on any atom is 0.348 e. The monoisotopic (exact) mass is 2110 g/mol. The summed E-state index contributed by atoms with van der Waals surface area (Å²) >= 11 is 0. The molecule has 148 heavy (non-hydrogen) atoms. The van der Waals surface area contributed by atoms with Gasteiger partial charge in [-0.3, -0.25) is 32.3 Å². The van der Waals surface area contributed by atoms with E-state index >= 15 is 0 Å². The van der Waals surface area contributed by atoms with Gasteiger partial charge < -0.3 is 85.6 Å². The van der Waals surface area contributed by atoms with Crippen LogP contribution in [-0.4, -0.2) is 258 Å². The van der Waals surface area contributed by atoms with Gasteiger partial charge in [0, 0.05) is 117 Å². The van der Waals surface area contributed by atoms with Crippen molar-refractivity contribution in [3.63, 3.8) is 0 Å². The molecule has 0 radical (unpaired) electrons. The van der Waals surface area contributed by atoms with Crippen molar-refractivity contribution >= 4 is 116 Å². The number of hydrogen-bond acceptors (Lipinski definition) is 40. The number of carbonyl (C=O) groups is 16. The van der Waals surface area contributed by atoms with E-state index in [1.165, 1.54) is 27.9 Å². The summed E-state index contributed by atoms with van der Waals surface area (Å²) in [4.78, 5) is 184. The molecule has 814 valence electrons. The molecular formula is C106H138O40S2. The number of aliphatic hydroxyl groups excluding tert-OH is 1. The van der Waals surface area contributed by atoms with Gasteiger partial charge in [0.15, 0.2) is 19.3 Å². The lowest BCUT2D eigenvalue weighted by molar-refractivity contribution is -0.180. The first kappa shape index (κ1) is 113. The largest absolute Gasteiger partial charge is 0.466 e. The summed E-state index contributed by atoms with van der Waals surface area (Å²) < 4.78 is 145. The summed E-state index contributed by atoms with van der Waals surface area (Å²) in [7, 11) is -5.66. The summed E-state index contributed by atoms with van der Waals surface area (Å²) in [5.41, 5.74) is 1.56. The van der Waals surface area contributed by atoms with Crippen LogP contribution in [0, 0.1) is 107 Å². The van der Waals surface area contributed by atoms with Crippen molar-refractivity contribution in [1.29, 1.82) is 0 Å². The Morgan fingerprint density at radius 1 is 0.405 bits per heavy atom. The summed E-state index contributed by atoms with van der Waals surface area (Å²) in [6.07, 6.45) is 13.4.